The van der Waals surface area contributed by atoms with Gasteiger partial charge in [0.2, 0.25) is 0 Å². The quantitative estimate of drug-likeness (QED) is 0.791. The van der Waals surface area contributed by atoms with Gasteiger partial charge in [-0.3, -0.25) is 0 Å². The Bertz CT molecular complexity index is 575. The van der Waals surface area contributed by atoms with Crippen LogP contribution < -0.4 is 5.32 Å². The van der Waals surface area contributed by atoms with E-state index in [4.69, 9.17) is 0 Å². The lowest BCUT2D eigenvalue weighted by atomic mass is 10.1. The maximum Gasteiger partial charge on any atom is 0.151 e. The molecule has 0 aliphatic carbocycles. The average molecular weight is 395 g/mol. The SMILES string of the molecule is CCCNc1nc(C2CCS(=O)(=O)C2)nc(C)c1I. The molecule has 0 saturated carbocycles. The Morgan fingerprint density at radius 1 is 1.42 bits per heavy atom. The number of rotatable bonds is 4. The molecule has 1 fully saturated rings. The zero-order valence-electron chi connectivity index (χ0n) is 11.1. The molecular formula is C12H18IN3O2S. The molecule has 19 heavy (non-hydrogen) atoms. The Morgan fingerprint density at radius 3 is 2.74 bits per heavy atom. The van der Waals surface area contributed by atoms with Crippen LogP contribution in [0.3, 0.4) is 0 Å². The highest BCUT2D eigenvalue weighted by Gasteiger charge is 2.31. The fourth-order valence-electron chi connectivity index (χ4n) is 2.12. The smallest absolute Gasteiger partial charge is 0.151 e. The molecule has 1 aromatic heterocycles. The molecular weight excluding hydrogens is 377 g/mol. The first kappa shape index (κ1) is 15.0. The summed E-state index contributed by atoms with van der Waals surface area (Å²) in [6.07, 6.45) is 1.65. The van der Waals surface area contributed by atoms with Crippen molar-refractivity contribution in [3.05, 3.63) is 15.1 Å². The summed E-state index contributed by atoms with van der Waals surface area (Å²) in [5, 5.41) is 3.28. The summed E-state index contributed by atoms with van der Waals surface area (Å²) < 4.78 is 24.1. The number of aryl methyl sites for hydroxylation is 1. The lowest BCUT2D eigenvalue weighted by Gasteiger charge is -2.13. The Hall–Kier alpha value is -0.440. The molecule has 0 bridgehead atoms. The first-order valence-electron chi connectivity index (χ1n) is 6.41. The molecule has 1 saturated heterocycles. The van der Waals surface area contributed by atoms with Gasteiger partial charge in [0.25, 0.3) is 0 Å². The summed E-state index contributed by atoms with van der Waals surface area (Å²) in [6, 6.07) is 0. The van der Waals surface area contributed by atoms with E-state index in [0.717, 1.165) is 28.0 Å². The van der Waals surface area contributed by atoms with Crippen molar-refractivity contribution in [2.24, 2.45) is 0 Å². The van der Waals surface area contributed by atoms with Gasteiger partial charge in [-0.2, -0.15) is 0 Å². The number of hydrogen-bond acceptors (Lipinski definition) is 5. The zero-order valence-corrected chi connectivity index (χ0v) is 14.1. The lowest BCUT2D eigenvalue weighted by Crippen LogP contribution is -2.13. The molecule has 1 unspecified atom stereocenters. The second kappa shape index (κ2) is 5.90. The number of sulfone groups is 1. The van der Waals surface area contributed by atoms with Gasteiger partial charge in [0.15, 0.2) is 9.84 Å². The monoisotopic (exact) mass is 395 g/mol. The predicted octanol–water partition coefficient (Wildman–Crippen LogP) is 2.11. The maximum absolute atomic E-state index is 11.6. The highest BCUT2D eigenvalue weighted by atomic mass is 127. The minimum Gasteiger partial charge on any atom is -0.369 e. The van der Waals surface area contributed by atoms with Gasteiger partial charge in [0, 0.05) is 12.5 Å². The number of halogens is 1. The number of aromatic nitrogens is 2. The number of hydrogen-bond donors (Lipinski definition) is 1. The zero-order chi connectivity index (χ0) is 14.0. The van der Waals surface area contributed by atoms with Gasteiger partial charge < -0.3 is 5.32 Å². The van der Waals surface area contributed by atoms with Crippen molar-refractivity contribution in [2.45, 2.75) is 32.6 Å². The van der Waals surface area contributed by atoms with Crippen molar-refractivity contribution < 1.29 is 8.42 Å². The van der Waals surface area contributed by atoms with Gasteiger partial charge in [-0.05, 0) is 42.4 Å². The van der Waals surface area contributed by atoms with E-state index in [1.165, 1.54) is 0 Å². The van der Waals surface area contributed by atoms with Crippen LogP contribution in [0, 0.1) is 10.5 Å². The van der Waals surface area contributed by atoms with E-state index in [1.54, 1.807) is 0 Å². The van der Waals surface area contributed by atoms with Crippen molar-refractivity contribution in [1.29, 1.82) is 0 Å². The second-order valence-corrected chi connectivity index (χ2v) is 8.16. The van der Waals surface area contributed by atoms with Gasteiger partial charge in [-0.15, -0.1) is 0 Å². The van der Waals surface area contributed by atoms with Crippen molar-refractivity contribution in [3.63, 3.8) is 0 Å². The summed E-state index contributed by atoms with van der Waals surface area (Å²) >= 11 is 2.23. The van der Waals surface area contributed by atoms with Crippen LogP contribution in [-0.4, -0.2) is 36.4 Å². The fraction of sp³-hybridized carbons (Fsp3) is 0.667. The molecule has 1 N–H and O–H groups in total. The van der Waals surface area contributed by atoms with E-state index >= 15 is 0 Å². The standard InChI is InChI=1S/C12H18IN3O2S/c1-3-5-14-12-10(13)8(2)15-11(16-12)9-4-6-19(17,18)7-9/h9H,3-7H2,1-2H3,(H,14,15,16). The van der Waals surface area contributed by atoms with E-state index in [1.807, 2.05) is 6.92 Å². The van der Waals surface area contributed by atoms with Crippen LogP contribution in [0.2, 0.25) is 0 Å². The molecule has 2 heterocycles. The molecule has 1 aliphatic rings. The summed E-state index contributed by atoms with van der Waals surface area (Å²) in [6.45, 7) is 4.89. The first-order chi connectivity index (χ1) is 8.93. The Balaban J connectivity index is 2.29. The summed E-state index contributed by atoms with van der Waals surface area (Å²) in [4.78, 5) is 8.99. The normalized spacial score (nSPS) is 21.5. The number of nitrogens with one attached hydrogen (secondary N) is 1. The summed E-state index contributed by atoms with van der Waals surface area (Å²) in [5.41, 5.74) is 0.911. The van der Waals surface area contributed by atoms with Crippen molar-refractivity contribution in [2.75, 3.05) is 23.4 Å². The van der Waals surface area contributed by atoms with Crippen LogP contribution in [0.5, 0.6) is 0 Å². The first-order valence-corrected chi connectivity index (χ1v) is 9.31. The topological polar surface area (TPSA) is 72.0 Å². The Morgan fingerprint density at radius 2 is 2.16 bits per heavy atom. The molecule has 0 spiro atoms. The number of anilines is 1. The van der Waals surface area contributed by atoms with Crippen molar-refractivity contribution in [1.82, 2.24) is 9.97 Å². The Kier molecular flexibility index (Phi) is 4.65. The molecule has 106 valence electrons. The molecule has 7 heteroatoms. The minimum atomic E-state index is -2.90. The van der Waals surface area contributed by atoms with Crippen LogP contribution >= 0.6 is 22.6 Å². The second-order valence-electron chi connectivity index (χ2n) is 4.86. The predicted molar refractivity (Wildman–Crippen MR) is 84.3 cm³/mol. The van der Waals surface area contributed by atoms with E-state index in [0.29, 0.717) is 12.2 Å². The summed E-state index contributed by atoms with van der Waals surface area (Å²) in [7, 11) is -2.90. The van der Waals surface area contributed by atoms with Crippen LogP contribution in [0.25, 0.3) is 0 Å². The van der Waals surface area contributed by atoms with Crippen LogP contribution in [0.15, 0.2) is 0 Å². The molecule has 0 amide bonds. The molecule has 1 aliphatic heterocycles. The van der Waals surface area contributed by atoms with Crippen molar-refractivity contribution in [3.8, 4) is 0 Å². The minimum absolute atomic E-state index is 0.0529. The molecule has 2 rings (SSSR count). The molecule has 1 atom stereocenters. The molecule has 5 nitrogen and oxygen atoms in total. The van der Waals surface area contributed by atoms with Gasteiger partial charge in [-0.1, -0.05) is 6.92 Å². The number of nitrogens with zero attached hydrogens (tertiary/aromatic N) is 2. The highest BCUT2D eigenvalue weighted by Crippen LogP contribution is 2.29. The van der Waals surface area contributed by atoms with Gasteiger partial charge in [0.1, 0.15) is 11.6 Å². The third-order valence-corrected chi connectivity index (χ3v) is 6.23. The van der Waals surface area contributed by atoms with Crippen LogP contribution in [0.4, 0.5) is 5.82 Å². The molecule has 0 aromatic carbocycles. The van der Waals surface area contributed by atoms with E-state index in [2.05, 4.69) is 44.8 Å². The van der Waals surface area contributed by atoms with Crippen LogP contribution in [-0.2, 0) is 9.84 Å². The largest absolute Gasteiger partial charge is 0.369 e. The van der Waals surface area contributed by atoms with E-state index < -0.39 is 9.84 Å². The maximum atomic E-state index is 11.6. The van der Waals surface area contributed by atoms with Gasteiger partial charge >= 0.3 is 0 Å². The highest BCUT2D eigenvalue weighted by molar-refractivity contribution is 14.1. The van der Waals surface area contributed by atoms with E-state index in [-0.39, 0.29) is 17.4 Å². The van der Waals surface area contributed by atoms with Gasteiger partial charge in [-0.25, -0.2) is 18.4 Å². The van der Waals surface area contributed by atoms with Gasteiger partial charge in [0.05, 0.1) is 20.8 Å². The third-order valence-electron chi connectivity index (χ3n) is 3.17. The summed E-state index contributed by atoms with van der Waals surface area (Å²) in [5.74, 6) is 1.87. The van der Waals surface area contributed by atoms with E-state index in [9.17, 15) is 8.42 Å². The average Bonchev–Trinajstić information content (AvgIpc) is 2.71. The fourth-order valence-corrected chi connectivity index (χ4v) is 4.29. The van der Waals surface area contributed by atoms with Crippen LogP contribution in [0.1, 0.15) is 37.2 Å². The third kappa shape index (κ3) is 3.56. The van der Waals surface area contributed by atoms with Crippen molar-refractivity contribution >= 4 is 38.2 Å². The molecule has 0 radical (unpaired) electrons. The molecule has 1 aromatic rings. The lowest BCUT2D eigenvalue weighted by molar-refractivity contribution is 0.601. The Labute approximate surface area is 127 Å².